The zero-order chi connectivity index (χ0) is 19.4. The maximum Gasteiger partial charge on any atom is 0.236 e. The lowest BCUT2D eigenvalue weighted by Crippen LogP contribution is -2.54. The Kier molecular flexibility index (Phi) is 6.89. The molecule has 27 heavy (non-hydrogen) atoms. The van der Waals surface area contributed by atoms with Crippen LogP contribution < -0.4 is 0 Å². The van der Waals surface area contributed by atoms with Gasteiger partial charge < -0.3 is 14.2 Å². The number of amides is 1. The average Bonchev–Trinajstić information content (AvgIpc) is 3.09. The zero-order valence-corrected chi connectivity index (χ0v) is 17.3. The van der Waals surface area contributed by atoms with Gasteiger partial charge in [-0.05, 0) is 13.8 Å². The Balaban J connectivity index is 1.40. The Hall–Kier alpha value is -1.44. The largest absolute Gasteiger partial charge is 0.372 e. The van der Waals surface area contributed by atoms with E-state index in [1.165, 1.54) is 0 Å². The van der Waals surface area contributed by atoms with E-state index in [0.717, 1.165) is 45.1 Å². The van der Waals surface area contributed by atoms with Crippen molar-refractivity contribution in [2.24, 2.45) is 0 Å². The molecule has 0 aromatic carbocycles. The van der Waals surface area contributed by atoms with Crippen molar-refractivity contribution in [2.45, 2.75) is 52.4 Å². The highest BCUT2D eigenvalue weighted by molar-refractivity contribution is 5.78. The Morgan fingerprint density at radius 2 is 1.74 bits per heavy atom. The fourth-order valence-corrected chi connectivity index (χ4v) is 4.10. The summed E-state index contributed by atoms with van der Waals surface area (Å²) in [5, 5.41) is 0. The first-order valence-corrected chi connectivity index (χ1v) is 10.3. The second-order valence-corrected chi connectivity index (χ2v) is 8.31. The van der Waals surface area contributed by atoms with Crippen LogP contribution in [0.1, 0.15) is 39.4 Å². The second-order valence-electron chi connectivity index (χ2n) is 8.31. The highest BCUT2D eigenvalue weighted by Gasteiger charge is 2.27. The molecular weight excluding hydrogens is 342 g/mol. The van der Waals surface area contributed by atoms with Crippen LogP contribution in [0, 0.1) is 0 Å². The molecule has 1 amide bonds. The lowest BCUT2D eigenvalue weighted by atomic mass is 10.2. The van der Waals surface area contributed by atoms with Gasteiger partial charge in [-0.1, -0.05) is 13.8 Å². The summed E-state index contributed by atoms with van der Waals surface area (Å²) in [5.41, 5.74) is 0. The van der Waals surface area contributed by atoms with E-state index < -0.39 is 0 Å². The third kappa shape index (κ3) is 5.53. The number of carbonyl (C=O) groups is 1. The van der Waals surface area contributed by atoms with E-state index in [1.54, 1.807) is 0 Å². The van der Waals surface area contributed by atoms with Crippen molar-refractivity contribution in [3.05, 3.63) is 18.2 Å². The van der Waals surface area contributed by atoms with Crippen molar-refractivity contribution in [3.8, 4) is 0 Å². The Labute approximate surface area is 163 Å². The predicted molar refractivity (Wildman–Crippen MR) is 106 cm³/mol. The fraction of sp³-hybridized carbons (Fsp3) is 0.800. The Morgan fingerprint density at radius 1 is 1.11 bits per heavy atom. The van der Waals surface area contributed by atoms with E-state index in [1.807, 2.05) is 24.9 Å². The topological polar surface area (TPSA) is 53.8 Å². The first kappa shape index (κ1) is 20.3. The molecule has 2 aliphatic heterocycles. The molecule has 0 spiro atoms. The van der Waals surface area contributed by atoms with Crippen LogP contribution in [0.15, 0.2) is 12.4 Å². The summed E-state index contributed by atoms with van der Waals surface area (Å²) >= 11 is 0. The molecule has 0 radical (unpaired) electrons. The highest BCUT2D eigenvalue weighted by atomic mass is 16.5. The van der Waals surface area contributed by atoms with E-state index >= 15 is 0 Å². The minimum atomic E-state index is 0.133. The molecule has 2 atom stereocenters. The van der Waals surface area contributed by atoms with Gasteiger partial charge in [0, 0.05) is 70.7 Å². The molecule has 2 saturated heterocycles. The summed E-state index contributed by atoms with van der Waals surface area (Å²) in [6, 6.07) is 0. The molecule has 3 rings (SSSR count). The van der Waals surface area contributed by atoms with Crippen LogP contribution in [0.3, 0.4) is 0 Å². The van der Waals surface area contributed by atoms with Crippen molar-refractivity contribution in [2.75, 3.05) is 52.4 Å². The third-order valence-electron chi connectivity index (χ3n) is 5.52. The van der Waals surface area contributed by atoms with Gasteiger partial charge in [0.1, 0.15) is 5.82 Å². The maximum absolute atomic E-state index is 12.6. The maximum atomic E-state index is 12.6. The summed E-state index contributed by atoms with van der Waals surface area (Å²) in [6.45, 7) is 16.4. The zero-order valence-electron chi connectivity index (χ0n) is 17.3. The fourth-order valence-electron chi connectivity index (χ4n) is 4.10. The number of carbonyl (C=O) groups excluding carboxylic acids is 1. The van der Waals surface area contributed by atoms with Gasteiger partial charge in [0.05, 0.1) is 18.8 Å². The van der Waals surface area contributed by atoms with Crippen molar-refractivity contribution in [1.29, 1.82) is 0 Å². The van der Waals surface area contributed by atoms with Gasteiger partial charge >= 0.3 is 0 Å². The number of rotatable bonds is 6. The van der Waals surface area contributed by atoms with Gasteiger partial charge in [-0.2, -0.15) is 0 Å². The third-order valence-corrected chi connectivity index (χ3v) is 5.52. The number of aromatic nitrogens is 2. The first-order valence-electron chi connectivity index (χ1n) is 10.3. The number of hydrogen-bond donors (Lipinski definition) is 0. The van der Waals surface area contributed by atoms with Crippen molar-refractivity contribution >= 4 is 5.91 Å². The lowest BCUT2D eigenvalue weighted by Gasteiger charge is -2.38. The molecule has 1 aromatic heterocycles. The number of hydrogen-bond acceptors (Lipinski definition) is 5. The van der Waals surface area contributed by atoms with Crippen LogP contribution in [-0.2, 0) is 16.1 Å². The molecule has 0 bridgehead atoms. The van der Waals surface area contributed by atoms with E-state index in [0.29, 0.717) is 25.6 Å². The summed E-state index contributed by atoms with van der Waals surface area (Å²) < 4.78 is 8.00. The molecular formula is C20H35N5O2. The Morgan fingerprint density at radius 3 is 2.37 bits per heavy atom. The van der Waals surface area contributed by atoms with Crippen molar-refractivity contribution < 1.29 is 9.53 Å². The summed E-state index contributed by atoms with van der Waals surface area (Å²) in [6.07, 6.45) is 4.24. The van der Waals surface area contributed by atoms with Crippen LogP contribution in [0.5, 0.6) is 0 Å². The number of piperazine rings is 1. The summed E-state index contributed by atoms with van der Waals surface area (Å²) in [7, 11) is 0. The minimum Gasteiger partial charge on any atom is -0.372 e. The van der Waals surface area contributed by atoms with Crippen LogP contribution in [0.2, 0.25) is 0 Å². The number of nitrogens with zero attached hydrogens (tertiary/aromatic N) is 5. The van der Waals surface area contributed by atoms with Gasteiger partial charge in [0.25, 0.3) is 0 Å². The van der Waals surface area contributed by atoms with E-state index in [-0.39, 0.29) is 18.1 Å². The van der Waals surface area contributed by atoms with Crippen LogP contribution in [0.4, 0.5) is 0 Å². The standard InChI is InChI=1S/C20H35N5O2/c1-16(2)20-21-5-6-24(20)12-11-22-7-9-23(10-8-22)15-19(26)25-13-17(3)27-18(4)14-25/h5-6,16-18H,7-15H2,1-4H3. The van der Waals surface area contributed by atoms with Crippen LogP contribution in [-0.4, -0.2) is 94.7 Å². The summed E-state index contributed by atoms with van der Waals surface area (Å²) in [4.78, 5) is 23.8. The van der Waals surface area contributed by atoms with Crippen LogP contribution in [0.25, 0.3) is 0 Å². The molecule has 7 heteroatoms. The minimum absolute atomic E-state index is 0.133. The van der Waals surface area contributed by atoms with Crippen LogP contribution >= 0.6 is 0 Å². The van der Waals surface area contributed by atoms with Gasteiger partial charge in [-0.15, -0.1) is 0 Å². The van der Waals surface area contributed by atoms with Crippen molar-refractivity contribution in [3.63, 3.8) is 0 Å². The summed E-state index contributed by atoms with van der Waals surface area (Å²) in [5.74, 6) is 1.85. The molecule has 0 aliphatic carbocycles. The van der Waals surface area contributed by atoms with Gasteiger partial charge in [-0.25, -0.2) is 4.98 Å². The lowest BCUT2D eigenvalue weighted by molar-refractivity contribution is -0.144. The number of imidazole rings is 1. The molecule has 1 aromatic rings. The second kappa shape index (κ2) is 9.17. The SMILES string of the molecule is CC1CN(C(=O)CN2CCN(CCn3ccnc3C(C)C)CC2)CC(C)O1. The monoisotopic (exact) mass is 377 g/mol. The van der Waals surface area contributed by atoms with Gasteiger partial charge in [-0.3, -0.25) is 14.6 Å². The smallest absolute Gasteiger partial charge is 0.236 e. The Bertz CT molecular complexity index is 599. The van der Waals surface area contributed by atoms with Crippen molar-refractivity contribution in [1.82, 2.24) is 24.3 Å². The van der Waals surface area contributed by atoms with E-state index in [2.05, 4.69) is 39.4 Å². The molecule has 3 heterocycles. The number of ether oxygens (including phenoxy) is 1. The molecule has 2 fully saturated rings. The molecule has 0 saturated carbocycles. The quantitative estimate of drug-likeness (QED) is 0.747. The normalized spacial score (nSPS) is 25.3. The van der Waals surface area contributed by atoms with E-state index in [4.69, 9.17) is 4.74 Å². The molecule has 152 valence electrons. The number of morpholine rings is 1. The highest BCUT2D eigenvalue weighted by Crippen LogP contribution is 2.13. The molecule has 2 aliphatic rings. The molecule has 7 nitrogen and oxygen atoms in total. The average molecular weight is 378 g/mol. The van der Waals surface area contributed by atoms with Gasteiger partial charge in [0.2, 0.25) is 5.91 Å². The first-order chi connectivity index (χ1) is 12.9. The van der Waals surface area contributed by atoms with Gasteiger partial charge in [0.15, 0.2) is 0 Å². The predicted octanol–water partition coefficient (Wildman–Crippen LogP) is 1.26. The molecule has 2 unspecified atom stereocenters. The van der Waals surface area contributed by atoms with E-state index in [9.17, 15) is 4.79 Å². The molecule has 0 N–H and O–H groups in total.